The van der Waals surface area contributed by atoms with Crippen molar-refractivity contribution in [2.45, 2.75) is 102 Å². The number of nitrogens with zero attached hydrogens (tertiary/aromatic N) is 6. The van der Waals surface area contributed by atoms with Crippen LogP contribution < -0.4 is 5.73 Å². The predicted molar refractivity (Wildman–Crippen MR) is 157 cm³/mol. The van der Waals surface area contributed by atoms with Crippen molar-refractivity contribution in [1.29, 1.82) is 0 Å². The molecule has 0 spiro atoms. The number of aromatic nitrogens is 6. The number of aryl methyl sites for hydroxylation is 1. The first-order valence-corrected chi connectivity index (χ1v) is 14.7. The zero-order valence-electron chi connectivity index (χ0n) is 24.5. The Kier molecular flexibility index (Phi) is 7.25. The minimum absolute atomic E-state index is 0.110. The minimum atomic E-state index is -1.11. The molecular formula is C30H42N8O3. The molecule has 41 heavy (non-hydrogen) atoms. The van der Waals surface area contributed by atoms with Gasteiger partial charge in [-0.3, -0.25) is 9.47 Å². The average molecular weight is 563 g/mol. The largest absolute Gasteiger partial charge is 0.387 e. The van der Waals surface area contributed by atoms with Gasteiger partial charge in [-0.1, -0.05) is 26.8 Å². The minimum Gasteiger partial charge on any atom is -0.387 e. The molecule has 0 bridgehead atoms. The first-order chi connectivity index (χ1) is 19.5. The highest BCUT2D eigenvalue weighted by Gasteiger charge is 2.46. The summed E-state index contributed by atoms with van der Waals surface area (Å²) in [5, 5.41) is 21.8. The summed E-state index contributed by atoms with van der Waals surface area (Å²) >= 11 is 0. The lowest BCUT2D eigenvalue weighted by Crippen LogP contribution is -2.52. The van der Waals surface area contributed by atoms with Crippen LogP contribution in [0.2, 0.25) is 0 Å². The molecule has 220 valence electrons. The van der Waals surface area contributed by atoms with E-state index in [2.05, 4.69) is 77.7 Å². The van der Waals surface area contributed by atoms with Crippen molar-refractivity contribution < 1.29 is 14.9 Å². The molecule has 1 saturated heterocycles. The SMILES string of the molecule is CC(C)N(C[C@@H]1O[C@H](n2cnc3c(N)ncnc32)[C@H](O)[C@@H]1O)C1CC(CCc2nc3ccc(C(C)(C)C)cc3[nH]2)C1. The van der Waals surface area contributed by atoms with Crippen molar-refractivity contribution >= 4 is 28.0 Å². The van der Waals surface area contributed by atoms with E-state index in [0.29, 0.717) is 29.7 Å². The average Bonchev–Trinajstić information content (AvgIpc) is 3.58. The van der Waals surface area contributed by atoms with Crippen LogP contribution in [-0.2, 0) is 16.6 Å². The van der Waals surface area contributed by atoms with Gasteiger partial charge >= 0.3 is 0 Å². The zero-order chi connectivity index (χ0) is 29.1. The summed E-state index contributed by atoms with van der Waals surface area (Å²) in [5.41, 5.74) is 10.4. The number of hydrogen-bond acceptors (Lipinski definition) is 9. The van der Waals surface area contributed by atoms with Gasteiger partial charge in [0, 0.05) is 25.0 Å². The molecule has 4 aromatic rings. The Morgan fingerprint density at radius 2 is 1.93 bits per heavy atom. The lowest BCUT2D eigenvalue weighted by molar-refractivity contribution is -0.0620. The van der Waals surface area contributed by atoms with Gasteiger partial charge in [-0.05, 0) is 62.1 Å². The van der Waals surface area contributed by atoms with Crippen molar-refractivity contribution in [2.75, 3.05) is 12.3 Å². The fraction of sp³-hybridized carbons (Fsp3) is 0.600. The van der Waals surface area contributed by atoms with Crippen LogP contribution in [0, 0.1) is 5.92 Å². The predicted octanol–water partition coefficient (Wildman–Crippen LogP) is 3.32. The molecule has 11 nitrogen and oxygen atoms in total. The van der Waals surface area contributed by atoms with Crippen LogP contribution in [0.5, 0.6) is 0 Å². The van der Waals surface area contributed by atoms with Gasteiger partial charge in [0.25, 0.3) is 0 Å². The number of aliphatic hydroxyl groups excluding tert-OH is 2. The van der Waals surface area contributed by atoms with E-state index < -0.39 is 24.5 Å². The number of imidazole rings is 2. The number of nitrogens with two attached hydrogens (primary N) is 1. The van der Waals surface area contributed by atoms with Crippen LogP contribution in [-0.4, -0.2) is 81.5 Å². The topological polar surface area (TPSA) is 151 Å². The highest BCUT2D eigenvalue weighted by Crippen LogP contribution is 2.38. The Labute approximate surface area is 240 Å². The Morgan fingerprint density at radius 1 is 1.15 bits per heavy atom. The highest BCUT2D eigenvalue weighted by atomic mass is 16.6. The maximum absolute atomic E-state index is 10.9. The van der Waals surface area contributed by atoms with E-state index in [0.717, 1.165) is 42.5 Å². The van der Waals surface area contributed by atoms with Crippen molar-refractivity contribution in [3.63, 3.8) is 0 Å². The van der Waals surface area contributed by atoms with Gasteiger partial charge < -0.3 is 25.7 Å². The third-order valence-corrected chi connectivity index (χ3v) is 8.92. The molecule has 0 unspecified atom stereocenters. The van der Waals surface area contributed by atoms with Crippen LogP contribution in [0.15, 0.2) is 30.9 Å². The molecular weight excluding hydrogens is 520 g/mol. The monoisotopic (exact) mass is 562 g/mol. The van der Waals surface area contributed by atoms with Gasteiger partial charge in [0.1, 0.15) is 36.0 Å². The van der Waals surface area contributed by atoms with Gasteiger partial charge in [-0.15, -0.1) is 0 Å². The van der Waals surface area contributed by atoms with Crippen LogP contribution in [0.4, 0.5) is 5.82 Å². The summed E-state index contributed by atoms with van der Waals surface area (Å²) in [6.45, 7) is 11.6. The molecule has 1 aromatic carbocycles. The van der Waals surface area contributed by atoms with Gasteiger partial charge in [0.15, 0.2) is 17.7 Å². The molecule has 3 aromatic heterocycles. The van der Waals surface area contributed by atoms with Crippen molar-refractivity contribution in [1.82, 2.24) is 34.4 Å². The van der Waals surface area contributed by atoms with Gasteiger partial charge in [0.2, 0.25) is 0 Å². The Hall–Kier alpha value is -3.12. The Balaban J connectivity index is 1.06. The number of benzene rings is 1. The van der Waals surface area contributed by atoms with E-state index in [1.165, 1.54) is 18.2 Å². The molecule has 1 saturated carbocycles. The maximum Gasteiger partial charge on any atom is 0.167 e. The summed E-state index contributed by atoms with van der Waals surface area (Å²) in [4.78, 5) is 23.3. The summed E-state index contributed by atoms with van der Waals surface area (Å²) in [6, 6.07) is 7.22. The first kappa shape index (κ1) is 28.0. The Bertz CT molecular complexity index is 1520. The number of aliphatic hydroxyl groups is 2. The van der Waals surface area contributed by atoms with Gasteiger partial charge in [0.05, 0.1) is 17.4 Å². The molecule has 1 aliphatic carbocycles. The fourth-order valence-corrected chi connectivity index (χ4v) is 6.35. The van der Waals surface area contributed by atoms with E-state index in [1.807, 2.05) is 0 Å². The molecule has 4 heterocycles. The van der Waals surface area contributed by atoms with Crippen LogP contribution in [0.25, 0.3) is 22.2 Å². The summed E-state index contributed by atoms with van der Waals surface area (Å²) in [5.74, 6) is 1.95. The molecule has 2 aliphatic rings. The maximum atomic E-state index is 10.9. The Morgan fingerprint density at radius 3 is 2.66 bits per heavy atom. The third kappa shape index (κ3) is 5.31. The normalized spacial score (nSPS) is 27.0. The van der Waals surface area contributed by atoms with Crippen molar-refractivity contribution in [3.05, 3.63) is 42.2 Å². The number of nitrogens with one attached hydrogen (secondary N) is 1. The number of aromatic amines is 1. The zero-order valence-corrected chi connectivity index (χ0v) is 24.5. The van der Waals surface area contributed by atoms with E-state index >= 15 is 0 Å². The molecule has 4 atom stereocenters. The summed E-state index contributed by atoms with van der Waals surface area (Å²) in [6.07, 6.45) is 3.63. The number of fused-ring (bicyclic) bond motifs is 2. The summed E-state index contributed by atoms with van der Waals surface area (Å²) < 4.78 is 7.86. The number of ether oxygens (including phenoxy) is 1. The molecule has 2 fully saturated rings. The van der Waals surface area contributed by atoms with Crippen LogP contribution >= 0.6 is 0 Å². The molecule has 1 aliphatic heterocycles. The third-order valence-electron chi connectivity index (χ3n) is 8.92. The molecule has 0 amide bonds. The van der Waals surface area contributed by atoms with Gasteiger partial charge in [-0.25, -0.2) is 19.9 Å². The number of nitrogen functional groups attached to an aromatic ring is 1. The van der Waals surface area contributed by atoms with E-state index in [1.54, 1.807) is 4.57 Å². The number of hydrogen-bond donors (Lipinski definition) is 4. The first-order valence-electron chi connectivity index (χ1n) is 14.7. The molecule has 11 heteroatoms. The van der Waals surface area contributed by atoms with Crippen molar-refractivity contribution in [3.8, 4) is 0 Å². The lowest BCUT2D eigenvalue weighted by atomic mass is 9.76. The van der Waals surface area contributed by atoms with Crippen LogP contribution in [0.1, 0.15) is 71.5 Å². The van der Waals surface area contributed by atoms with Crippen molar-refractivity contribution in [2.24, 2.45) is 5.92 Å². The lowest BCUT2D eigenvalue weighted by Gasteiger charge is -2.46. The second-order valence-corrected chi connectivity index (χ2v) is 13.1. The second kappa shape index (κ2) is 10.6. The quantitative estimate of drug-likeness (QED) is 0.253. The number of H-pyrrole nitrogens is 1. The van der Waals surface area contributed by atoms with E-state index in [9.17, 15) is 10.2 Å². The fourth-order valence-electron chi connectivity index (χ4n) is 6.35. The standard InChI is InChI=1S/C30H42N8O3/c1-16(2)37(13-22-25(39)26(40)29(41-22)38-15-34-24-27(31)32-14-33-28(24)38)19-10-17(11-19)6-9-23-35-20-8-7-18(30(3,4)5)12-21(20)36-23/h7-8,12,14-17,19,22,25-26,29,39-40H,6,9-11,13H2,1-5H3,(H,35,36)(H2,31,32,33)/t17?,19?,22-,25+,26+,29-/m0/s1. The number of rotatable bonds is 8. The second-order valence-electron chi connectivity index (χ2n) is 13.1. The smallest absolute Gasteiger partial charge is 0.167 e. The highest BCUT2D eigenvalue weighted by molar-refractivity contribution is 5.81. The summed E-state index contributed by atoms with van der Waals surface area (Å²) in [7, 11) is 0. The number of anilines is 1. The van der Waals surface area contributed by atoms with Gasteiger partial charge in [-0.2, -0.15) is 0 Å². The molecule has 0 radical (unpaired) electrons. The molecule has 5 N–H and O–H groups in total. The molecule has 6 rings (SSSR count). The van der Waals surface area contributed by atoms with Crippen LogP contribution in [0.3, 0.4) is 0 Å². The van der Waals surface area contributed by atoms with E-state index in [4.69, 9.17) is 15.5 Å². The van der Waals surface area contributed by atoms with E-state index in [-0.39, 0.29) is 17.3 Å².